The van der Waals surface area contributed by atoms with Gasteiger partial charge in [-0.3, -0.25) is 9.89 Å². The van der Waals surface area contributed by atoms with Crippen molar-refractivity contribution >= 4 is 16.0 Å². The lowest BCUT2D eigenvalue weighted by Gasteiger charge is -2.34. The van der Waals surface area contributed by atoms with E-state index in [2.05, 4.69) is 39.1 Å². The lowest BCUT2D eigenvalue weighted by Crippen LogP contribution is -2.50. The van der Waals surface area contributed by atoms with Gasteiger partial charge in [0.25, 0.3) is 0 Å². The smallest absolute Gasteiger partial charge is 0.208 e. The van der Waals surface area contributed by atoms with E-state index in [9.17, 15) is 8.42 Å². The highest BCUT2D eigenvalue weighted by molar-refractivity contribution is 7.88. The van der Waals surface area contributed by atoms with Gasteiger partial charge in [-0.05, 0) is 31.8 Å². The Hall–Kier alpha value is -0.860. The van der Waals surface area contributed by atoms with Gasteiger partial charge in [0.15, 0.2) is 5.96 Å². The monoisotopic (exact) mass is 361 g/mol. The van der Waals surface area contributed by atoms with E-state index in [4.69, 9.17) is 0 Å². The summed E-state index contributed by atoms with van der Waals surface area (Å²) in [5.74, 6) is 1.28. The molecule has 1 aliphatic heterocycles. The Balaban J connectivity index is 2.42. The minimum atomic E-state index is -3.14. The van der Waals surface area contributed by atoms with Gasteiger partial charge >= 0.3 is 0 Å². The van der Waals surface area contributed by atoms with Crippen LogP contribution in [-0.4, -0.2) is 71.3 Å². The predicted molar refractivity (Wildman–Crippen MR) is 101 cm³/mol. The minimum absolute atomic E-state index is 0.346. The first-order chi connectivity index (χ1) is 11.3. The molecule has 1 atom stereocenters. The molecule has 24 heavy (non-hydrogen) atoms. The van der Waals surface area contributed by atoms with Crippen LogP contribution < -0.4 is 15.4 Å². The second kappa shape index (κ2) is 10.9. The minimum Gasteiger partial charge on any atom is -0.355 e. The summed E-state index contributed by atoms with van der Waals surface area (Å²) in [6.07, 6.45) is 6.41. The highest BCUT2D eigenvalue weighted by Gasteiger charge is 2.22. The van der Waals surface area contributed by atoms with E-state index in [0.717, 1.165) is 12.8 Å². The first kappa shape index (κ1) is 21.2. The highest BCUT2D eigenvalue weighted by Crippen LogP contribution is 2.16. The first-order valence-electron chi connectivity index (χ1n) is 8.96. The number of guanidine groups is 1. The Morgan fingerprint density at radius 2 is 1.71 bits per heavy atom. The van der Waals surface area contributed by atoms with Crippen LogP contribution in [0.25, 0.3) is 0 Å². The molecule has 8 heteroatoms. The molecule has 1 saturated heterocycles. The number of rotatable bonds is 8. The molecule has 0 aromatic heterocycles. The molecule has 0 aliphatic carbocycles. The molecule has 0 spiro atoms. The third kappa shape index (κ3) is 8.84. The van der Waals surface area contributed by atoms with Gasteiger partial charge in [0.05, 0.1) is 6.26 Å². The van der Waals surface area contributed by atoms with Gasteiger partial charge in [0.1, 0.15) is 0 Å². The Morgan fingerprint density at radius 3 is 2.21 bits per heavy atom. The summed E-state index contributed by atoms with van der Waals surface area (Å²) in [7, 11) is -1.41. The standard InChI is InChI=1S/C16H35N5O2S/c1-14(2)15(21-11-7-5-6-8-12-21)13-19-16(17-3)18-9-10-20-24(4,22)23/h14-15,20H,5-13H2,1-4H3,(H2,17,18,19). The summed E-state index contributed by atoms with van der Waals surface area (Å²) >= 11 is 0. The molecular weight excluding hydrogens is 326 g/mol. The predicted octanol–water partition coefficient (Wildman–Crippen LogP) is 0.601. The first-order valence-corrected chi connectivity index (χ1v) is 10.9. The van der Waals surface area contributed by atoms with Crippen LogP contribution in [0, 0.1) is 5.92 Å². The number of sulfonamides is 1. The lowest BCUT2D eigenvalue weighted by atomic mass is 10.0. The summed E-state index contributed by atoms with van der Waals surface area (Å²) in [5.41, 5.74) is 0. The van der Waals surface area contributed by atoms with Crippen molar-refractivity contribution in [3.05, 3.63) is 0 Å². The Kier molecular flexibility index (Phi) is 9.61. The molecule has 1 rings (SSSR count). The Labute approximate surface area is 147 Å². The van der Waals surface area contributed by atoms with E-state index >= 15 is 0 Å². The number of hydrogen-bond donors (Lipinski definition) is 3. The van der Waals surface area contributed by atoms with Crippen molar-refractivity contribution in [2.24, 2.45) is 10.9 Å². The van der Waals surface area contributed by atoms with Crippen LogP contribution in [0.15, 0.2) is 4.99 Å². The maximum absolute atomic E-state index is 11.0. The molecule has 0 aromatic carbocycles. The molecular formula is C16H35N5O2S. The summed E-state index contributed by atoms with van der Waals surface area (Å²) in [6.45, 7) is 8.58. The Morgan fingerprint density at radius 1 is 1.08 bits per heavy atom. The second-order valence-electron chi connectivity index (χ2n) is 6.81. The molecule has 1 unspecified atom stereocenters. The number of nitrogens with one attached hydrogen (secondary N) is 3. The van der Waals surface area contributed by atoms with E-state index in [1.807, 2.05) is 0 Å². The van der Waals surface area contributed by atoms with Gasteiger partial charge in [0.2, 0.25) is 10.0 Å². The van der Waals surface area contributed by atoms with Crippen LogP contribution in [0.1, 0.15) is 39.5 Å². The van der Waals surface area contributed by atoms with Crippen LogP contribution in [-0.2, 0) is 10.0 Å². The maximum Gasteiger partial charge on any atom is 0.208 e. The molecule has 1 fully saturated rings. The number of aliphatic imine (C=N–C) groups is 1. The van der Waals surface area contributed by atoms with E-state index in [1.165, 1.54) is 38.8 Å². The summed E-state index contributed by atoms with van der Waals surface area (Å²) in [6, 6.07) is 0.482. The van der Waals surface area contributed by atoms with Gasteiger partial charge in [-0.15, -0.1) is 0 Å². The normalized spacial score (nSPS) is 19.1. The third-order valence-corrected chi connectivity index (χ3v) is 5.09. The van der Waals surface area contributed by atoms with E-state index in [0.29, 0.717) is 31.0 Å². The molecule has 0 aromatic rings. The molecule has 0 bridgehead atoms. The van der Waals surface area contributed by atoms with E-state index in [1.54, 1.807) is 7.05 Å². The fourth-order valence-electron chi connectivity index (χ4n) is 3.05. The number of nitrogens with zero attached hydrogens (tertiary/aromatic N) is 2. The zero-order chi connectivity index (χ0) is 18.0. The van der Waals surface area contributed by atoms with Crippen molar-refractivity contribution in [3.63, 3.8) is 0 Å². The summed E-state index contributed by atoms with van der Waals surface area (Å²) in [4.78, 5) is 6.82. The van der Waals surface area contributed by atoms with Gasteiger partial charge < -0.3 is 10.6 Å². The van der Waals surface area contributed by atoms with Crippen molar-refractivity contribution in [1.29, 1.82) is 0 Å². The van der Waals surface area contributed by atoms with Crippen LogP contribution in [0.3, 0.4) is 0 Å². The topological polar surface area (TPSA) is 85.8 Å². The van der Waals surface area contributed by atoms with Crippen LogP contribution in [0.2, 0.25) is 0 Å². The zero-order valence-electron chi connectivity index (χ0n) is 15.6. The quantitative estimate of drug-likeness (QED) is 0.335. The van der Waals surface area contributed by atoms with Gasteiger partial charge in [0, 0.05) is 32.7 Å². The van der Waals surface area contributed by atoms with Crippen molar-refractivity contribution in [2.45, 2.75) is 45.6 Å². The molecule has 7 nitrogen and oxygen atoms in total. The molecule has 0 saturated carbocycles. The SMILES string of the molecule is CN=C(NCCNS(C)(=O)=O)NCC(C(C)C)N1CCCCCC1. The zero-order valence-corrected chi connectivity index (χ0v) is 16.5. The molecule has 1 heterocycles. The summed E-state index contributed by atoms with van der Waals surface area (Å²) in [5, 5.41) is 6.53. The second-order valence-corrected chi connectivity index (χ2v) is 8.64. The number of likely N-dealkylation sites (tertiary alicyclic amines) is 1. The van der Waals surface area contributed by atoms with Gasteiger partial charge in [-0.1, -0.05) is 26.7 Å². The number of hydrogen-bond acceptors (Lipinski definition) is 4. The van der Waals surface area contributed by atoms with E-state index < -0.39 is 10.0 Å². The van der Waals surface area contributed by atoms with Crippen LogP contribution >= 0.6 is 0 Å². The van der Waals surface area contributed by atoms with Gasteiger partial charge in [-0.25, -0.2) is 13.1 Å². The van der Waals surface area contributed by atoms with Crippen molar-refractivity contribution < 1.29 is 8.42 Å². The molecule has 3 N–H and O–H groups in total. The lowest BCUT2D eigenvalue weighted by molar-refractivity contribution is 0.161. The largest absolute Gasteiger partial charge is 0.355 e. The molecule has 0 radical (unpaired) electrons. The van der Waals surface area contributed by atoms with Crippen LogP contribution in [0.5, 0.6) is 0 Å². The Bertz CT molecular complexity index is 471. The van der Waals surface area contributed by atoms with Crippen molar-refractivity contribution in [1.82, 2.24) is 20.3 Å². The fourth-order valence-corrected chi connectivity index (χ4v) is 3.53. The molecule has 1 aliphatic rings. The van der Waals surface area contributed by atoms with Gasteiger partial charge in [-0.2, -0.15) is 0 Å². The van der Waals surface area contributed by atoms with Crippen molar-refractivity contribution in [2.75, 3.05) is 46.0 Å². The fraction of sp³-hybridized carbons (Fsp3) is 0.938. The maximum atomic E-state index is 11.0. The average molecular weight is 362 g/mol. The molecule has 0 amide bonds. The van der Waals surface area contributed by atoms with Crippen LogP contribution in [0.4, 0.5) is 0 Å². The van der Waals surface area contributed by atoms with E-state index in [-0.39, 0.29) is 0 Å². The average Bonchev–Trinajstić information content (AvgIpc) is 2.77. The third-order valence-electron chi connectivity index (χ3n) is 4.36. The van der Waals surface area contributed by atoms with Crippen molar-refractivity contribution in [3.8, 4) is 0 Å². The highest BCUT2D eigenvalue weighted by atomic mass is 32.2. The summed E-state index contributed by atoms with van der Waals surface area (Å²) < 4.78 is 24.6. The molecule has 142 valence electrons.